The Morgan fingerprint density at radius 2 is 2.05 bits per heavy atom. The van der Waals surface area contributed by atoms with E-state index >= 15 is 0 Å². The molecule has 1 saturated carbocycles. The van der Waals surface area contributed by atoms with Crippen LogP contribution < -0.4 is 10.5 Å². The number of fused-ring (bicyclic) bond motifs is 1. The Hall–Kier alpha value is -2.33. The van der Waals surface area contributed by atoms with E-state index in [-0.39, 0.29) is 6.04 Å². The number of H-pyrrole nitrogens is 1. The molecule has 2 atom stereocenters. The summed E-state index contributed by atoms with van der Waals surface area (Å²) in [4.78, 5) is 7.92. The summed E-state index contributed by atoms with van der Waals surface area (Å²) < 4.78 is 5.31. The molecule has 0 amide bonds. The molecule has 0 saturated heterocycles. The first kappa shape index (κ1) is 12.4. The summed E-state index contributed by atoms with van der Waals surface area (Å²) in [5, 5.41) is 1.12. The summed E-state index contributed by atoms with van der Waals surface area (Å²) in [5.41, 5.74) is 10.6. The summed E-state index contributed by atoms with van der Waals surface area (Å²) in [6.07, 6.45) is 2.77. The molecule has 0 bridgehead atoms. The molecule has 21 heavy (non-hydrogen) atoms. The van der Waals surface area contributed by atoms with Gasteiger partial charge in [-0.3, -0.25) is 0 Å². The monoisotopic (exact) mass is 279 g/mol. The van der Waals surface area contributed by atoms with Gasteiger partial charge in [-0.05, 0) is 23.6 Å². The molecule has 4 nitrogen and oxygen atoms in total. The predicted molar refractivity (Wildman–Crippen MR) is 83.4 cm³/mol. The van der Waals surface area contributed by atoms with Crippen molar-refractivity contribution in [3.05, 3.63) is 48.2 Å². The molecular weight excluding hydrogens is 262 g/mol. The van der Waals surface area contributed by atoms with Gasteiger partial charge in [-0.1, -0.05) is 30.3 Å². The lowest BCUT2D eigenvalue weighted by molar-refractivity contribution is 0.413. The minimum Gasteiger partial charge on any atom is -0.495 e. The predicted octanol–water partition coefficient (Wildman–Crippen LogP) is 3.05. The number of rotatable bonds is 3. The van der Waals surface area contributed by atoms with Crippen LogP contribution in [0, 0.1) is 0 Å². The number of methoxy groups -OCH3 is 1. The summed E-state index contributed by atoms with van der Waals surface area (Å²) in [6, 6.07) is 12.6. The second kappa shape index (κ2) is 4.60. The number of aromatic nitrogens is 2. The van der Waals surface area contributed by atoms with Gasteiger partial charge in [0.15, 0.2) is 0 Å². The number of pyridine rings is 1. The molecule has 2 unspecified atom stereocenters. The van der Waals surface area contributed by atoms with E-state index in [1.165, 1.54) is 11.1 Å². The molecule has 106 valence electrons. The molecule has 4 rings (SSSR count). The fourth-order valence-corrected chi connectivity index (χ4v) is 2.95. The first-order chi connectivity index (χ1) is 10.3. The van der Waals surface area contributed by atoms with Crippen LogP contribution in [0.1, 0.15) is 17.9 Å². The van der Waals surface area contributed by atoms with Crippen molar-refractivity contribution in [1.82, 2.24) is 9.97 Å². The minimum atomic E-state index is 0.248. The maximum atomic E-state index is 6.10. The van der Waals surface area contributed by atoms with Crippen molar-refractivity contribution in [3.63, 3.8) is 0 Å². The highest BCUT2D eigenvalue weighted by molar-refractivity contribution is 5.90. The molecule has 0 radical (unpaired) electrons. The van der Waals surface area contributed by atoms with Crippen LogP contribution in [0.5, 0.6) is 5.75 Å². The van der Waals surface area contributed by atoms with E-state index in [0.29, 0.717) is 5.92 Å². The van der Waals surface area contributed by atoms with Gasteiger partial charge < -0.3 is 15.5 Å². The standard InChI is InChI=1S/C17H17N3O/c1-21-11-7-13-15(12-8-14(12)18)16(20-17(13)19-9-11)10-5-3-2-4-6-10/h2-7,9,12,14H,8,18H2,1H3,(H,19,20). The van der Waals surface area contributed by atoms with Crippen LogP contribution in [0.3, 0.4) is 0 Å². The summed E-state index contributed by atoms with van der Waals surface area (Å²) in [7, 11) is 1.66. The highest BCUT2D eigenvalue weighted by Crippen LogP contribution is 2.47. The Labute approximate surface area is 123 Å². The first-order valence-corrected chi connectivity index (χ1v) is 7.14. The van der Waals surface area contributed by atoms with Gasteiger partial charge in [0.2, 0.25) is 0 Å². The summed E-state index contributed by atoms with van der Waals surface area (Å²) >= 11 is 0. The first-order valence-electron chi connectivity index (χ1n) is 7.14. The smallest absolute Gasteiger partial charge is 0.138 e. The second-order valence-electron chi connectivity index (χ2n) is 5.56. The largest absolute Gasteiger partial charge is 0.495 e. The third-order valence-electron chi connectivity index (χ3n) is 4.17. The molecule has 1 aromatic carbocycles. The normalized spacial score (nSPS) is 20.7. The van der Waals surface area contributed by atoms with Crippen LogP contribution in [0.2, 0.25) is 0 Å². The fraction of sp³-hybridized carbons (Fsp3) is 0.235. The Bertz CT molecular complexity index is 794. The van der Waals surface area contributed by atoms with Crippen molar-refractivity contribution >= 4 is 11.0 Å². The van der Waals surface area contributed by atoms with Gasteiger partial charge in [-0.15, -0.1) is 0 Å². The van der Waals surface area contributed by atoms with Gasteiger partial charge in [-0.2, -0.15) is 0 Å². The van der Waals surface area contributed by atoms with E-state index in [4.69, 9.17) is 10.5 Å². The quantitative estimate of drug-likeness (QED) is 0.774. The van der Waals surface area contributed by atoms with Gasteiger partial charge in [0.1, 0.15) is 11.4 Å². The maximum Gasteiger partial charge on any atom is 0.138 e. The van der Waals surface area contributed by atoms with Crippen molar-refractivity contribution in [2.45, 2.75) is 18.4 Å². The summed E-state index contributed by atoms with van der Waals surface area (Å²) in [6.45, 7) is 0. The number of nitrogens with zero attached hydrogens (tertiary/aromatic N) is 1. The average molecular weight is 279 g/mol. The number of hydrogen-bond acceptors (Lipinski definition) is 3. The van der Waals surface area contributed by atoms with E-state index in [0.717, 1.165) is 28.9 Å². The number of nitrogens with one attached hydrogen (secondary N) is 1. The number of aromatic amines is 1. The van der Waals surface area contributed by atoms with Crippen molar-refractivity contribution in [3.8, 4) is 17.0 Å². The van der Waals surface area contributed by atoms with E-state index in [2.05, 4.69) is 22.1 Å². The second-order valence-corrected chi connectivity index (χ2v) is 5.56. The van der Waals surface area contributed by atoms with Crippen LogP contribution in [0.4, 0.5) is 0 Å². The molecule has 3 aromatic rings. The Morgan fingerprint density at radius 1 is 1.29 bits per heavy atom. The SMILES string of the molecule is COc1cnc2[nH]c(-c3ccccc3)c(C3CC3N)c2c1. The van der Waals surface area contributed by atoms with E-state index in [1.807, 2.05) is 24.3 Å². The average Bonchev–Trinajstić information content (AvgIpc) is 3.12. The van der Waals surface area contributed by atoms with E-state index < -0.39 is 0 Å². The third-order valence-corrected chi connectivity index (χ3v) is 4.17. The molecule has 1 aliphatic rings. The number of ether oxygens (including phenoxy) is 1. The Morgan fingerprint density at radius 3 is 2.71 bits per heavy atom. The van der Waals surface area contributed by atoms with Crippen LogP contribution >= 0.6 is 0 Å². The topological polar surface area (TPSA) is 63.9 Å². The van der Waals surface area contributed by atoms with Crippen molar-refractivity contribution < 1.29 is 4.74 Å². The minimum absolute atomic E-state index is 0.248. The third kappa shape index (κ3) is 1.99. The van der Waals surface area contributed by atoms with Crippen LogP contribution in [0.25, 0.3) is 22.3 Å². The zero-order chi connectivity index (χ0) is 14.4. The van der Waals surface area contributed by atoms with Crippen LogP contribution in [-0.4, -0.2) is 23.1 Å². The number of benzene rings is 1. The zero-order valence-electron chi connectivity index (χ0n) is 11.8. The van der Waals surface area contributed by atoms with Gasteiger partial charge in [0.05, 0.1) is 19.0 Å². The van der Waals surface area contributed by atoms with Crippen molar-refractivity contribution in [1.29, 1.82) is 0 Å². The molecule has 0 spiro atoms. The molecule has 4 heteroatoms. The number of hydrogen-bond donors (Lipinski definition) is 2. The lowest BCUT2D eigenvalue weighted by Gasteiger charge is -2.04. The molecule has 1 aliphatic carbocycles. The van der Waals surface area contributed by atoms with Gasteiger partial charge in [0, 0.05) is 17.3 Å². The molecule has 1 fully saturated rings. The molecule has 2 heterocycles. The lowest BCUT2D eigenvalue weighted by Crippen LogP contribution is -2.01. The van der Waals surface area contributed by atoms with E-state index in [1.54, 1.807) is 13.3 Å². The highest BCUT2D eigenvalue weighted by Gasteiger charge is 2.39. The van der Waals surface area contributed by atoms with Crippen molar-refractivity contribution in [2.75, 3.05) is 7.11 Å². The van der Waals surface area contributed by atoms with Gasteiger partial charge in [0.25, 0.3) is 0 Å². The molecular formula is C17H17N3O. The fourth-order valence-electron chi connectivity index (χ4n) is 2.95. The zero-order valence-corrected chi connectivity index (χ0v) is 11.8. The van der Waals surface area contributed by atoms with Crippen LogP contribution in [-0.2, 0) is 0 Å². The molecule has 2 aromatic heterocycles. The van der Waals surface area contributed by atoms with Gasteiger partial charge >= 0.3 is 0 Å². The van der Waals surface area contributed by atoms with E-state index in [9.17, 15) is 0 Å². The number of nitrogens with two attached hydrogens (primary N) is 1. The molecule has 0 aliphatic heterocycles. The lowest BCUT2D eigenvalue weighted by atomic mass is 10.0. The molecule has 3 N–H and O–H groups in total. The highest BCUT2D eigenvalue weighted by atomic mass is 16.5. The van der Waals surface area contributed by atoms with Crippen molar-refractivity contribution in [2.24, 2.45) is 5.73 Å². The van der Waals surface area contributed by atoms with Gasteiger partial charge in [-0.25, -0.2) is 4.98 Å². The van der Waals surface area contributed by atoms with Crippen LogP contribution in [0.15, 0.2) is 42.6 Å². The maximum absolute atomic E-state index is 6.10. The Kier molecular flexibility index (Phi) is 2.72. The summed E-state index contributed by atoms with van der Waals surface area (Å²) in [5.74, 6) is 1.18. The Balaban J connectivity index is 1.97.